The molecule has 5 heteroatoms. The van der Waals surface area contributed by atoms with Gasteiger partial charge in [0.2, 0.25) is 5.78 Å². The number of ketones is 2. The fourth-order valence-corrected chi connectivity index (χ4v) is 2.41. The Labute approximate surface area is 146 Å². The van der Waals surface area contributed by atoms with E-state index in [1.807, 2.05) is 48.0 Å². The summed E-state index contributed by atoms with van der Waals surface area (Å²) in [6.45, 7) is 4.44. The van der Waals surface area contributed by atoms with Crippen LogP contribution in [0.2, 0.25) is 0 Å². The summed E-state index contributed by atoms with van der Waals surface area (Å²) in [4.78, 5) is 34.6. The standard InChI is InChI=1S/C20H21NO4/c1-3-25-20(24)19(23)13-18(22)10-9-17-8-5-11-21(17)14-16-7-4-6-15(2)12-16/h4-12H,3,13-14H2,1-2H3/b10-9+. The maximum atomic E-state index is 11.8. The number of carbonyl (C=O) groups excluding carboxylic acids is 3. The van der Waals surface area contributed by atoms with E-state index in [2.05, 4.69) is 10.8 Å². The molecule has 1 aromatic heterocycles. The van der Waals surface area contributed by atoms with Crippen LogP contribution in [0.1, 0.15) is 30.2 Å². The number of aromatic nitrogens is 1. The molecule has 0 bridgehead atoms. The van der Waals surface area contributed by atoms with E-state index in [9.17, 15) is 14.4 Å². The number of hydrogen-bond donors (Lipinski definition) is 0. The third kappa shape index (κ3) is 5.57. The van der Waals surface area contributed by atoms with Gasteiger partial charge in [-0.25, -0.2) is 4.79 Å². The van der Waals surface area contributed by atoms with Crippen molar-refractivity contribution in [1.29, 1.82) is 0 Å². The molecule has 0 saturated heterocycles. The predicted molar refractivity (Wildman–Crippen MR) is 95.0 cm³/mol. The van der Waals surface area contributed by atoms with Gasteiger partial charge in [-0.05, 0) is 43.7 Å². The molecule has 0 aliphatic heterocycles. The molecule has 2 rings (SSSR count). The summed E-state index contributed by atoms with van der Waals surface area (Å²) >= 11 is 0. The topological polar surface area (TPSA) is 65.4 Å². The summed E-state index contributed by atoms with van der Waals surface area (Å²) in [6, 6.07) is 12.0. The Morgan fingerprint density at radius 1 is 1.16 bits per heavy atom. The van der Waals surface area contributed by atoms with Gasteiger partial charge in [-0.3, -0.25) is 9.59 Å². The molecule has 0 unspecified atom stereocenters. The number of esters is 1. The Kier molecular flexibility index (Phi) is 6.46. The molecule has 0 atom stereocenters. The van der Waals surface area contributed by atoms with Gasteiger partial charge in [0.15, 0.2) is 5.78 Å². The van der Waals surface area contributed by atoms with Crippen molar-refractivity contribution < 1.29 is 19.1 Å². The first-order valence-corrected chi connectivity index (χ1v) is 8.11. The van der Waals surface area contributed by atoms with Crippen molar-refractivity contribution >= 4 is 23.6 Å². The number of nitrogens with zero attached hydrogens (tertiary/aromatic N) is 1. The largest absolute Gasteiger partial charge is 0.460 e. The van der Waals surface area contributed by atoms with Crippen LogP contribution < -0.4 is 0 Å². The van der Waals surface area contributed by atoms with Crippen LogP contribution in [-0.4, -0.2) is 28.7 Å². The van der Waals surface area contributed by atoms with Crippen LogP contribution in [-0.2, 0) is 25.7 Å². The highest BCUT2D eigenvalue weighted by Crippen LogP contribution is 2.11. The summed E-state index contributed by atoms with van der Waals surface area (Å²) < 4.78 is 6.59. The summed E-state index contributed by atoms with van der Waals surface area (Å²) in [5, 5.41) is 0. The number of benzene rings is 1. The molecule has 0 radical (unpaired) electrons. The van der Waals surface area contributed by atoms with Crippen molar-refractivity contribution in [3.63, 3.8) is 0 Å². The van der Waals surface area contributed by atoms with E-state index >= 15 is 0 Å². The molecule has 0 amide bonds. The van der Waals surface area contributed by atoms with Gasteiger partial charge in [0.1, 0.15) is 0 Å². The molecule has 0 saturated carbocycles. The zero-order valence-corrected chi connectivity index (χ0v) is 14.4. The Bertz CT molecular complexity index is 802. The Morgan fingerprint density at radius 3 is 2.68 bits per heavy atom. The smallest absolute Gasteiger partial charge is 0.375 e. The number of rotatable bonds is 8. The highest BCUT2D eigenvalue weighted by atomic mass is 16.5. The lowest BCUT2D eigenvalue weighted by molar-refractivity contribution is -0.154. The zero-order valence-electron chi connectivity index (χ0n) is 14.4. The molecule has 0 N–H and O–H groups in total. The molecule has 0 fully saturated rings. The highest BCUT2D eigenvalue weighted by Gasteiger charge is 2.17. The second-order valence-corrected chi connectivity index (χ2v) is 5.67. The number of Topliss-reactive ketones (excluding diaryl/α,β-unsaturated/α-hetero) is 1. The van der Waals surface area contributed by atoms with Crippen LogP contribution in [0, 0.1) is 6.92 Å². The molecule has 0 aliphatic carbocycles. The first kappa shape index (κ1) is 18.4. The first-order chi connectivity index (χ1) is 12.0. The van der Waals surface area contributed by atoms with E-state index in [0.29, 0.717) is 6.54 Å². The predicted octanol–water partition coefficient (Wildman–Crippen LogP) is 2.95. The molecule has 130 valence electrons. The van der Waals surface area contributed by atoms with Gasteiger partial charge in [-0.2, -0.15) is 0 Å². The van der Waals surface area contributed by atoms with E-state index < -0.39 is 24.0 Å². The zero-order chi connectivity index (χ0) is 18.2. The number of carbonyl (C=O) groups is 3. The molecule has 5 nitrogen and oxygen atoms in total. The van der Waals surface area contributed by atoms with Crippen molar-refractivity contribution in [2.75, 3.05) is 6.61 Å². The molecule has 2 aromatic rings. The van der Waals surface area contributed by atoms with E-state index in [0.717, 1.165) is 11.3 Å². The Hall–Kier alpha value is -2.95. The van der Waals surface area contributed by atoms with Gasteiger partial charge in [0.05, 0.1) is 13.0 Å². The molecule has 1 aromatic carbocycles. The second-order valence-electron chi connectivity index (χ2n) is 5.67. The van der Waals surface area contributed by atoms with Crippen LogP contribution >= 0.6 is 0 Å². The van der Waals surface area contributed by atoms with E-state index in [1.54, 1.807) is 13.0 Å². The summed E-state index contributed by atoms with van der Waals surface area (Å²) in [5.74, 6) is -2.22. The summed E-state index contributed by atoms with van der Waals surface area (Å²) in [6.07, 6.45) is 4.42. The molecular formula is C20H21NO4. The number of hydrogen-bond acceptors (Lipinski definition) is 4. The fraction of sp³-hybridized carbons (Fsp3) is 0.250. The SMILES string of the molecule is CCOC(=O)C(=O)CC(=O)/C=C/c1cccn1Cc1cccc(C)c1. The minimum atomic E-state index is -0.966. The van der Waals surface area contributed by atoms with E-state index in [4.69, 9.17) is 0 Å². The van der Waals surface area contributed by atoms with Gasteiger partial charge in [0.25, 0.3) is 0 Å². The van der Waals surface area contributed by atoms with Crippen LogP contribution in [0.3, 0.4) is 0 Å². The average Bonchev–Trinajstić information content (AvgIpc) is 3.00. The van der Waals surface area contributed by atoms with Gasteiger partial charge in [0, 0.05) is 18.4 Å². The first-order valence-electron chi connectivity index (χ1n) is 8.11. The third-order valence-electron chi connectivity index (χ3n) is 3.58. The van der Waals surface area contributed by atoms with Crippen molar-refractivity contribution in [2.45, 2.75) is 26.8 Å². The monoisotopic (exact) mass is 339 g/mol. The number of allylic oxidation sites excluding steroid dienone is 1. The van der Waals surface area contributed by atoms with Gasteiger partial charge in [-0.1, -0.05) is 29.8 Å². The molecule has 25 heavy (non-hydrogen) atoms. The summed E-state index contributed by atoms with van der Waals surface area (Å²) in [7, 11) is 0. The average molecular weight is 339 g/mol. The van der Waals surface area contributed by atoms with Crippen LogP contribution in [0.15, 0.2) is 48.7 Å². The van der Waals surface area contributed by atoms with Crippen molar-refractivity contribution in [3.8, 4) is 0 Å². The lowest BCUT2D eigenvalue weighted by Crippen LogP contribution is -2.19. The van der Waals surface area contributed by atoms with Gasteiger partial charge in [-0.15, -0.1) is 0 Å². The second kappa shape index (κ2) is 8.78. The number of ether oxygens (including phenoxy) is 1. The minimum absolute atomic E-state index is 0.112. The molecule has 0 spiro atoms. The molecule has 1 heterocycles. The van der Waals surface area contributed by atoms with Crippen LogP contribution in [0.5, 0.6) is 0 Å². The minimum Gasteiger partial charge on any atom is -0.460 e. The lowest BCUT2D eigenvalue weighted by Gasteiger charge is -2.07. The molecule has 0 aliphatic rings. The quantitative estimate of drug-likeness (QED) is 0.321. The van der Waals surface area contributed by atoms with Crippen molar-refractivity contribution in [3.05, 3.63) is 65.5 Å². The van der Waals surface area contributed by atoms with E-state index in [-0.39, 0.29) is 6.61 Å². The van der Waals surface area contributed by atoms with Gasteiger partial charge < -0.3 is 9.30 Å². The highest BCUT2D eigenvalue weighted by molar-refractivity contribution is 6.37. The lowest BCUT2D eigenvalue weighted by atomic mass is 10.1. The van der Waals surface area contributed by atoms with Crippen LogP contribution in [0.25, 0.3) is 6.08 Å². The van der Waals surface area contributed by atoms with E-state index in [1.165, 1.54) is 11.6 Å². The number of aryl methyl sites for hydroxylation is 1. The van der Waals surface area contributed by atoms with Crippen LogP contribution in [0.4, 0.5) is 0 Å². The summed E-state index contributed by atoms with van der Waals surface area (Å²) in [5.41, 5.74) is 3.20. The normalized spacial score (nSPS) is 10.8. The van der Waals surface area contributed by atoms with Crippen molar-refractivity contribution in [1.82, 2.24) is 4.57 Å². The molecular weight excluding hydrogens is 318 g/mol. The van der Waals surface area contributed by atoms with Crippen molar-refractivity contribution in [2.24, 2.45) is 0 Å². The maximum absolute atomic E-state index is 11.8. The van der Waals surface area contributed by atoms with Gasteiger partial charge >= 0.3 is 5.97 Å². The maximum Gasteiger partial charge on any atom is 0.375 e. The Morgan fingerprint density at radius 2 is 1.96 bits per heavy atom. The Balaban J connectivity index is 2.00. The fourth-order valence-electron chi connectivity index (χ4n) is 2.41. The third-order valence-corrected chi connectivity index (χ3v) is 3.58.